The quantitative estimate of drug-likeness (QED) is 0.301. The highest BCUT2D eigenvalue weighted by Crippen LogP contribution is 2.32. The van der Waals surface area contributed by atoms with Crippen LogP contribution in [0, 0.1) is 10.1 Å². The molecule has 0 bridgehead atoms. The number of carbonyl (C=O) groups excluding carboxylic acids is 1. The van der Waals surface area contributed by atoms with Crippen molar-refractivity contribution < 1.29 is 9.72 Å². The molecule has 1 amide bonds. The van der Waals surface area contributed by atoms with Gasteiger partial charge in [0.05, 0.1) is 11.1 Å². The smallest absolute Gasteiger partial charge is 0.324 e. The number of nitrogens with two attached hydrogens (primary N) is 1. The molecule has 2 aliphatic rings. The first-order chi connectivity index (χ1) is 14.3. The van der Waals surface area contributed by atoms with Gasteiger partial charge in [-0.15, -0.1) is 0 Å². The average Bonchev–Trinajstić information content (AvgIpc) is 2.87. The maximum Gasteiger partial charge on any atom is 0.324 e. The number of halogens is 2. The number of amides is 1. The van der Waals surface area contributed by atoms with Gasteiger partial charge < -0.3 is 16.0 Å². The number of rotatable bonds is 2. The van der Waals surface area contributed by atoms with Crippen LogP contribution >= 0.6 is 23.2 Å². The van der Waals surface area contributed by atoms with Crippen molar-refractivity contribution in [2.75, 3.05) is 22.5 Å². The van der Waals surface area contributed by atoms with E-state index in [1.165, 1.54) is 19.3 Å². The van der Waals surface area contributed by atoms with Gasteiger partial charge in [-0.3, -0.25) is 14.9 Å². The van der Waals surface area contributed by atoms with Crippen LogP contribution in [0.1, 0.15) is 38.5 Å². The third-order valence-corrected chi connectivity index (χ3v) is 5.28. The number of carbonyl (C=O) groups is 1. The highest BCUT2D eigenvalue weighted by atomic mass is 35.5. The summed E-state index contributed by atoms with van der Waals surface area (Å²) < 4.78 is 0. The van der Waals surface area contributed by atoms with Crippen LogP contribution in [0.25, 0.3) is 0 Å². The van der Waals surface area contributed by atoms with Crippen LogP contribution in [0.3, 0.4) is 0 Å². The summed E-state index contributed by atoms with van der Waals surface area (Å²) in [4.78, 5) is 38.5. The minimum atomic E-state index is -0.682. The molecule has 3 N–H and O–H groups in total. The number of aromatic nitrogens is 4. The van der Waals surface area contributed by atoms with Crippen LogP contribution in [0.15, 0.2) is 12.4 Å². The second-order valence-electron chi connectivity index (χ2n) is 6.82. The predicted molar refractivity (Wildman–Crippen MR) is 113 cm³/mol. The maximum absolute atomic E-state index is 11.7. The standard InChI is InChI=1S/C13H19N5O.C4HCl2N3O2/c14-13-15-8-10-12(17-13)18(7-6-11(19)16-10)9-4-2-1-3-5-9;5-3-2(9(10)11)1-7-4(6)8-3/h8-9H,1-7H2,(H,16,19)(H2,14,15,17);1H. The Bertz CT molecular complexity index is 939. The molecule has 160 valence electrons. The van der Waals surface area contributed by atoms with E-state index in [-0.39, 0.29) is 28.0 Å². The molecule has 2 aromatic rings. The van der Waals surface area contributed by atoms with Crippen molar-refractivity contribution in [2.45, 2.75) is 44.6 Å². The first kappa shape index (κ1) is 21.9. The zero-order valence-corrected chi connectivity index (χ0v) is 17.4. The monoisotopic (exact) mass is 454 g/mol. The highest BCUT2D eigenvalue weighted by molar-refractivity contribution is 6.33. The van der Waals surface area contributed by atoms with Crippen molar-refractivity contribution >= 4 is 52.3 Å². The van der Waals surface area contributed by atoms with E-state index in [0.29, 0.717) is 24.7 Å². The summed E-state index contributed by atoms with van der Waals surface area (Å²) in [6, 6.07) is 0.467. The Labute approximate surface area is 182 Å². The lowest BCUT2D eigenvalue weighted by atomic mass is 9.94. The van der Waals surface area contributed by atoms with E-state index >= 15 is 0 Å². The Balaban J connectivity index is 0.000000199. The van der Waals surface area contributed by atoms with Gasteiger partial charge in [-0.25, -0.2) is 9.97 Å². The van der Waals surface area contributed by atoms with E-state index in [4.69, 9.17) is 28.9 Å². The first-order valence-electron chi connectivity index (χ1n) is 9.36. The fourth-order valence-corrected chi connectivity index (χ4v) is 3.81. The number of hydrogen-bond acceptors (Lipinski definition) is 9. The Morgan fingerprint density at radius 2 is 1.90 bits per heavy atom. The lowest BCUT2D eigenvalue weighted by Gasteiger charge is -2.34. The number of nitrogens with zero attached hydrogens (tertiary/aromatic N) is 6. The van der Waals surface area contributed by atoms with E-state index in [2.05, 4.69) is 30.2 Å². The minimum Gasteiger partial charge on any atom is -0.368 e. The van der Waals surface area contributed by atoms with Gasteiger partial charge in [0.1, 0.15) is 11.9 Å². The molecule has 30 heavy (non-hydrogen) atoms. The van der Waals surface area contributed by atoms with E-state index < -0.39 is 4.92 Å². The number of nitrogens with one attached hydrogen (secondary N) is 1. The summed E-state index contributed by atoms with van der Waals surface area (Å²) >= 11 is 10.6. The molecule has 0 spiro atoms. The van der Waals surface area contributed by atoms with Crippen molar-refractivity contribution in [3.8, 4) is 0 Å². The normalized spacial score (nSPS) is 16.6. The van der Waals surface area contributed by atoms with Crippen molar-refractivity contribution in [2.24, 2.45) is 0 Å². The molecule has 13 heteroatoms. The molecule has 3 heterocycles. The van der Waals surface area contributed by atoms with Gasteiger partial charge in [-0.05, 0) is 24.4 Å². The summed E-state index contributed by atoms with van der Waals surface area (Å²) in [5.74, 6) is 1.06. The molecule has 1 fully saturated rings. The van der Waals surface area contributed by atoms with Gasteiger partial charge in [-0.2, -0.15) is 9.97 Å². The fourth-order valence-electron chi connectivity index (χ4n) is 3.44. The van der Waals surface area contributed by atoms with Gasteiger partial charge in [0.2, 0.25) is 22.3 Å². The second kappa shape index (κ2) is 9.81. The molecule has 4 rings (SSSR count). The zero-order chi connectivity index (χ0) is 21.7. The van der Waals surface area contributed by atoms with Gasteiger partial charge >= 0.3 is 5.69 Å². The molecule has 11 nitrogen and oxygen atoms in total. The molecule has 0 atom stereocenters. The minimum absolute atomic E-state index is 0.0212. The molecule has 1 aliphatic carbocycles. The molecular weight excluding hydrogens is 435 g/mol. The zero-order valence-electron chi connectivity index (χ0n) is 15.9. The number of nitro groups is 1. The van der Waals surface area contributed by atoms with Crippen molar-refractivity contribution in [1.29, 1.82) is 0 Å². The van der Waals surface area contributed by atoms with Gasteiger partial charge in [-0.1, -0.05) is 30.9 Å². The highest BCUT2D eigenvalue weighted by Gasteiger charge is 2.28. The van der Waals surface area contributed by atoms with Crippen molar-refractivity contribution in [3.63, 3.8) is 0 Å². The predicted octanol–water partition coefficient (Wildman–Crippen LogP) is 3.23. The molecule has 2 aromatic heterocycles. The molecule has 1 aliphatic heterocycles. The lowest BCUT2D eigenvalue weighted by Crippen LogP contribution is -2.38. The number of anilines is 3. The molecule has 0 aromatic carbocycles. The molecule has 0 unspecified atom stereocenters. The van der Waals surface area contributed by atoms with Crippen LogP contribution in [0.2, 0.25) is 10.4 Å². The van der Waals surface area contributed by atoms with Crippen LogP contribution < -0.4 is 16.0 Å². The van der Waals surface area contributed by atoms with Crippen LogP contribution in [0.5, 0.6) is 0 Å². The third kappa shape index (κ3) is 5.42. The molecule has 0 radical (unpaired) electrons. The topological polar surface area (TPSA) is 153 Å². The van der Waals surface area contributed by atoms with E-state index in [0.717, 1.165) is 24.9 Å². The van der Waals surface area contributed by atoms with E-state index in [1.54, 1.807) is 6.20 Å². The molecular formula is C17H20Cl2N8O3. The molecule has 1 saturated carbocycles. The van der Waals surface area contributed by atoms with Gasteiger partial charge in [0.25, 0.3) is 0 Å². The van der Waals surface area contributed by atoms with Crippen LogP contribution in [-0.4, -0.2) is 43.4 Å². The third-order valence-electron chi connectivity index (χ3n) is 4.82. The average molecular weight is 455 g/mol. The Morgan fingerprint density at radius 3 is 2.57 bits per heavy atom. The van der Waals surface area contributed by atoms with Gasteiger partial charge in [0.15, 0.2) is 5.82 Å². The molecule has 0 saturated heterocycles. The Kier molecular flexibility index (Phi) is 7.16. The van der Waals surface area contributed by atoms with Crippen LogP contribution in [-0.2, 0) is 4.79 Å². The van der Waals surface area contributed by atoms with Crippen LogP contribution in [0.4, 0.5) is 23.1 Å². The van der Waals surface area contributed by atoms with Gasteiger partial charge in [0, 0.05) is 19.0 Å². The summed E-state index contributed by atoms with van der Waals surface area (Å²) in [5, 5.41) is 12.6. The Morgan fingerprint density at radius 1 is 1.17 bits per heavy atom. The summed E-state index contributed by atoms with van der Waals surface area (Å²) in [7, 11) is 0. The fraction of sp³-hybridized carbons (Fsp3) is 0.471. The lowest BCUT2D eigenvalue weighted by molar-refractivity contribution is -0.385. The summed E-state index contributed by atoms with van der Waals surface area (Å²) in [6.45, 7) is 0.708. The first-order valence-corrected chi connectivity index (χ1v) is 10.1. The van der Waals surface area contributed by atoms with E-state index in [9.17, 15) is 14.9 Å². The van der Waals surface area contributed by atoms with Crippen molar-refractivity contribution in [3.05, 3.63) is 32.9 Å². The number of fused-ring (bicyclic) bond motifs is 1. The largest absolute Gasteiger partial charge is 0.368 e. The van der Waals surface area contributed by atoms with E-state index in [1.807, 2.05) is 0 Å². The maximum atomic E-state index is 11.7. The number of nitrogen functional groups attached to an aromatic ring is 1. The summed E-state index contributed by atoms with van der Waals surface area (Å²) in [5.41, 5.74) is 6.03. The summed E-state index contributed by atoms with van der Waals surface area (Å²) in [6.07, 6.45) is 9.19. The second-order valence-corrected chi connectivity index (χ2v) is 7.52. The SMILES string of the molecule is Nc1ncc2c(n1)N(C1CCCCC1)CCC(=O)N2.O=[N+]([O-])c1cnc(Cl)nc1Cl. The van der Waals surface area contributed by atoms with Crippen molar-refractivity contribution in [1.82, 2.24) is 19.9 Å². The number of hydrogen-bond donors (Lipinski definition) is 2. The Hall–Kier alpha value is -2.79.